The minimum atomic E-state index is -2.61. The summed E-state index contributed by atoms with van der Waals surface area (Å²) >= 11 is 9.08. The van der Waals surface area contributed by atoms with Gasteiger partial charge in [-0.2, -0.15) is 5.26 Å². The van der Waals surface area contributed by atoms with Crippen LogP contribution in [0.15, 0.2) is 106 Å². The molecule has 216 valence electrons. The number of nitrogens with zero attached hydrogens (tertiary/aromatic N) is 3. The molecule has 0 atom stereocenters. The zero-order valence-electron chi connectivity index (χ0n) is 22.3. The molecule has 4 aromatic carbocycles. The summed E-state index contributed by atoms with van der Waals surface area (Å²) in [5.41, 5.74) is 4.51. The van der Waals surface area contributed by atoms with Crippen LogP contribution in [0.1, 0.15) is 27.2 Å². The van der Waals surface area contributed by atoms with E-state index in [2.05, 4.69) is 11.2 Å². The zero-order valence-corrected chi connectivity index (χ0v) is 24.7. The second kappa shape index (κ2) is 12.1. The van der Waals surface area contributed by atoms with Gasteiger partial charge in [0.2, 0.25) is 0 Å². The SMILES string of the molecule is N#Cc1sccc1-c1c(-c2cccc(-c3ccc(C(=O)N=O)cc3Cl)c2)n(Sc2ccc(C(F)F)cc2)c2ccc(F)cc12. The first kappa shape index (κ1) is 29.4. The highest BCUT2D eigenvalue weighted by Gasteiger charge is 2.25. The van der Waals surface area contributed by atoms with Gasteiger partial charge in [0.1, 0.15) is 16.8 Å². The first-order valence-electron chi connectivity index (χ1n) is 13.0. The summed E-state index contributed by atoms with van der Waals surface area (Å²) in [6.45, 7) is 0. The number of halogens is 4. The largest absolute Gasteiger partial charge is 0.316 e. The van der Waals surface area contributed by atoms with Crippen molar-refractivity contribution in [2.75, 3.05) is 0 Å². The summed E-state index contributed by atoms with van der Waals surface area (Å²) in [5, 5.41) is 15.0. The number of nitroso groups, excluding NO2 is 1. The maximum Gasteiger partial charge on any atom is 0.316 e. The maximum atomic E-state index is 14.8. The number of hydrogen-bond donors (Lipinski definition) is 0. The van der Waals surface area contributed by atoms with Crippen LogP contribution < -0.4 is 0 Å². The van der Waals surface area contributed by atoms with Crippen LogP contribution in [0.25, 0.3) is 44.4 Å². The summed E-state index contributed by atoms with van der Waals surface area (Å²) in [6, 6.07) is 26.3. The molecule has 0 saturated carbocycles. The third-order valence-corrected chi connectivity index (χ3v) is 9.17. The highest BCUT2D eigenvalue weighted by molar-refractivity contribution is 7.98. The van der Waals surface area contributed by atoms with Gasteiger partial charge in [0.15, 0.2) is 0 Å². The minimum absolute atomic E-state index is 0.0603. The zero-order chi connectivity index (χ0) is 31.0. The van der Waals surface area contributed by atoms with E-state index in [0.29, 0.717) is 54.2 Å². The van der Waals surface area contributed by atoms with Gasteiger partial charge in [-0.3, -0.25) is 8.77 Å². The molecule has 0 aliphatic rings. The van der Waals surface area contributed by atoms with Crippen molar-refractivity contribution in [3.63, 3.8) is 0 Å². The van der Waals surface area contributed by atoms with Gasteiger partial charge in [-0.05, 0) is 77.5 Å². The Morgan fingerprint density at radius 3 is 2.43 bits per heavy atom. The van der Waals surface area contributed by atoms with E-state index >= 15 is 0 Å². The number of rotatable bonds is 7. The Morgan fingerprint density at radius 2 is 1.73 bits per heavy atom. The normalized spacial score (nSPS) is 11.2. The second-order valence-electron chi connectivity index (χ2n) is 9.59. The van der Waals surface area contributed by atoms with E-state index in [9.17, 15) is 28.1 Å². The van der Waals surface area contributed by atoms with Crippen LogP contribution in [-0.4, -0.2) is 9.88 Å². The molecular weight excluding hydrogens is 627 g/mol. The number of benzene rings is 4. The number of hydrogen-bond acceptors (Lipinski definition) is 5. The van der Waals surface area contributed by atoms with Crippen LogP contribution in [0, 0.1) is 22.1 Å². The van der Waals surface area contributed by atoms with Crippen molar-refractivity contribution in [2.45, 2.75) is 11.3 Å². The summed E-state index contributed by atoms with van der Waals surface area (Å²) < 4.78 is 43.2. The van der Waals surface area contributed by atoms with Gasteiger partial charge >= 0.3 is 5.91 Å². The molecule has 2 heterocycles. The van der Waals surface area contributed by atoms with Crippen LogP contribution >= 0.6 is 34.9 Å². The average molecular weight is 644 g/mol. The van der Waals surface area contributed by atoms with Crippen LogP contribution in [0.3, 0.4) is 0 Å². The van der Waals surface area contributed by atoms with E-state index < -0.39 is 18.1 Å². The van der Waals surface area contributed by atoms with Crippen LogP contribution in [0.2, 0.25) is 5.02 Å². The Kier molecular flexibility index (Phi) is 8.10. The molecule has 0 aliphatic heterocycles. The van der Waals surface area contributed by atoms with E-state index in [1.807, 2.05) is 34.3 Å². The van der Waals surface area contributed by atoms with Gasteiger partial charge in [-0.25, -0.2) is 13.2 Å². The summed E-state index contributed by atoms with van der Waals surface area (Å²) in [5.74, 6) is -1.39. The topological polar surface area (TPSA) is 75.2 Å². The molecule has 1 amide bonds. The highest BCUT2D eigenvalue weighted by Crippen LogP contribution is 2.47. The fraction of sp³-hybridized carbons (Fsp3) is 0.0303. The van der Waals surface area contributed by atoms with Crippen molar-refractivity contribution < 1.29 is 18.0 Å². The van der Waals surface area contributed by atoms with Crippen molar-refractivity contribution >= 4 is 51.7 Å². The van der Waals surface area contributed by atoms with Crippen LogP contribution in [-0.2, 0) is 0 Å². The van der Waals surface area contributed by atoms with E-state index in [1.165, 1.54) is 59.7 Å². The Morgan fingerprint density at radius 1 is 0.955 bits per heavy atom. The van der Waals surface area contributed by atoms with Crippen molar-refractivity contribution in [2.24, 2.45) is 5.18 Å². The number of thiophene rings is 1. The fourth-order valence-electron chi connectivity index (χ4n) is 5.01. The van der Waals surface area contributed by atoms with Gasteiger partial charge in [-0.15, -0.1) is 16.2 Å². The number of nitriles is 1. The lowest BCUT2D eigenvalue weighted by Gasteiger charge is -2.14. The predicted octanol–water partition coefficient (Wildman–Crippen LogP) is 10.8. The smallest absolute Gasteiger partial charge is 0.279 e. The lowest BCUT2D eigenvalue weighted by Crippen LogP contribution is -1.95. The molecule has 0 N–H and O–H groups in total. The third-order valence-electron chi connectivity index (χ3n) is 7.00. The van der Waals surface area contributed by atoms with Crippen LogP contribution in [0.4, 0.5) is 13.2 Å². The van der Waals surface area contributed by atoms with Gasteiger partial charge in [0.25, 0.3) is 6.43 Å². The van der Waals surface area contributed by atoms with Gasteiger partial charge in [0, 0.05) is 53.9 Å². The van der Waals surface area contributed by atoms with Crippen molar-refractivity contribution in [3.8, 4) is 39.6 Å². The van der Waals surface area contributed by atoms with Gasteiger partial charge in [-0.1, -0.05) is 48.0 Å². The van der Waals surface area contributed by atoms with E-state index in [1.54, 1.807) is 29.6 Å². The lowest BCUT2D eigenvalue weighted by atomic mass is 9.96. The number of alkyl halides is 2. The first-order chi connectivity index (χ1) is 21.3. The first-order valence-corrected chi connectivity index (χ1v) is 15.0. The number of fused-ring (bicyclic) bond motifs is 1. The molecule has 0 fully saturated rings. The van der Waals surface area contributed by atoms with Crippen LogP contribution in [0.5, 0.6) is 0 Å². The fourth-order valence-corrected chi connectivity index (χ4v) is 7.00. The predicted molar refractivity (Wildman–Crippen MR) is 169 cm³/mol. The molecule has 6 rings (SSSR count). The molecule has 0 aliphatic carbocycles. The summed E-state index contributed by atoms with van der Waals surface area (Å²) in [4.78, 5) is 23.6. The lowest BCUT2D eigenvalue weighted by molar-refractivity contribution is 0.100. The summed E-state index contributed by atoms with van der Waals surface area (Å²) in [7, 11) is 0. The molecule has 0 bridgehead atoms. The van der Waals surface area contributed by atoms with E-state index in [-0.39, 0.29) is 16.1 Å². The van der Waals surface area contributed by atoms with Gasteiger partial charge in [0.05, 0.1) is 11.2 Å². The molecule has 0 spiro atoms. The van der Waals surface area contributed by atoms with Crippen molar-refractivity contribution in [3.05, 3.63) is 128 Å². The Hall–Kier alpha value is -4.69. The Bertz CT molecular complexity index is 2120. The monoisotopic (exact) mass is 643 g/mol. The number of aromatic nitrogens is 1. The molecule has 0 radical (unpaired) electrons. The highest BCUT2D eigenvalue weighted by atomic mass is 35.5. The molecule has 5 nitrogen and oxygen atoms in total. The number of amides is 1. The number of carbonyl (C=O) groups is 1. The molecular formula is C33H17ClF3N3O2S2. The minimum Gasteiger partial charge on any atom is -0.279 e. The molecule has 6 aromatic rings. The third kappa shape index (κ3) is 5.42. The standard InChI is InChI=1S/C33H17ClF3N3O2S2/c34-27-15-21(33(41)39-42)6-10-24(27)19-2-1-3-20(14-19)31-30(25-12-13-43-29(25)17-38)26-16-22(35)7-11-28(26)40(31)44-23-8-4-18(5-9-23)32(36)37/h1-16,32H. The average Bonchev–Trinajstić information content (AvgIpc) is 3.62. The summed E-state index contributed by atoms with van der Waals surface area (Å²) in [6.07, 6.45) is -2.61. The van der Waals surface area contributed by atoms with E-state index in [4.69, 9.17) is 11.6 Å². The van der Waals surface area contributed by atoms with Gasteiger partial charge < -0.3 is 0 Å². The van der Waals surface area contributed by atoms with E-state index in [0.717, 1.165) is 0 Å². The Balaban J connectivity index is 1.60. The second-order valence-corrected chi connectivity index (χ2v) is 11.9. The van der Waals surface area contributed by atoms with Crippen molar-refractivity contribution in [1.29, 1.82) is 5.26 Å². The maximum absolute atomic E-state index is 14.8. The molecule has 0 saturated heterocycles. The molecule has 2 aromatic heterocycles. The molecule has 0 unspecified atom stereocenters. The Labute approximate surface area is 262 Å². The quantitative estimate of drug-likeness (QED) is 0.162. The van der Waals surface area contributed by atoms with Crippen molar-refractivity contribution in [1.82, 2.24) is 3.97 Å². The number of carbonyl (C=O) groups excluding carboxylic acids is 1. The molecule has 11 heteroatoms. The molecule has 44 heavy (non-hydrogen) atoms.